The fourth-order valence-corrected chi connectivity index (χ4v) is 3.98. The van der Waals surface area contributed by atoms with Crippen molar-refractivity contribution in [3.05, 3.63) is 80.4 Å². The minimum Gasteiger partial charge on any atom is -0.490 e. The van der Waals surface area contributed by atoms with Gasteiger partial charge >= 0.3 is 0 Å². The molecular weight excluding hydrogens is 527 g/mol. The number of H-pyrrole nitrogens is 1. The van der Waals surface area contributed by atoms with E-state index in [0.717, 1.165) is 25.7 Å². The molecule has 158 valence electrons. The second-order valence-electron chi connectivity index (χ2n) is 6.62. The van der Waals surface area contributed by atoms with Crippen LogP contribution in [0.5, 0.6) is 11.5 Å². The summed E-state index contributed by atoms with van der Waals surface area (Å²) in [6.45, 7) is 2.82. The average Bonchev–Trinajstić information content (AvgIpc) is 3.17. The highest BCUT2D eigenvalue weighted by molar-refractivity contribution is 14.1. The second-order valence-corrected chi connectivity index (χ2v) is 8.19. The molecule has 8 heteroatoms. The van der Waals surface area contributed by atoms with Crippen molar-refractivity contribution in [2.75, 3.05) is 12.0 Å². The van der Waals surface area contributed by atoms with Crippen molar-refractivity contribution in [2.24, 2.45) is 5.10 Å². The number of nitrogens with one attached hydrogen (secondary N) is 2. The zero-order valence-electron chi connectivity index (χ0n) is 16.7. The molecule has 0 spiro atoms. The van der Waals surface area contributed by atoms with Crippen LogP contribution in [-0.2, 0) is 6.61 Å². The first-order valence-electron chi connectivity index (χ1n) is 9.70. The number of benzene rings is 3. The highest BCUT2D eigenvalue weighted by Gasteiger charge is 2.13. The summed E-state index contributed by atoms with van der Waals surface area (Å²) < 4.78 is 12.8. The third-order valence-electron chi connectivity index (χ3n) is 4.43. The summed E-state index contributed by atoms with van der Waals surface area (Å²) in [5.74, 6) is 1.92. The number of fused-ring (bicyclic) bond motifs is 1. The Hall–Kier alpha value is -2.78. The number of ether oxygens (including phenoxy) is 2. The lowest BCUT2D eigenvalue weighted by Gasteiger charge is -2.15. The van der Waals surface area contributed by atoms with Gasteiger partial charge in [0.1, 0.15) is 6.61 Å². The van der Waals surface area contributed by atoms with Gasteiger partial charge in [-0.3, -0.25) is 0 Å². The summed E-state index contributed by atoms with van der Waals surface area (Å²) >= 11 is 8.48. The fraction of sp³-hybridized carbons (Fsp3) is 0.130. The number of imidazole rings is 1. The van der Waals surface area contributed by atoms with Crippen LogP contribution in [0.25, 0.3) is 11.0 Å². The fourth-order valence-electron chi connectivity index (χ4n) is 3.00. The van der Waals surface area contributed by atoms with Crippen LogP contribution >= 0.6 is 34.2 Å². The summed E-state index contributed by atoms with van der Waals surface area (Å²) in [4.78, 5) is 7.62. The van der Waals surface area contributed by atoms with Crippen LogP contribution in [0.15, 0.2) is 65.8 Å². The molecule has 6 nitrogen and oxygen atoms in total. The summed E-state index contributed by atoms with van der Waals surface area (Å²) in [6.07, 6.45) is 1.72. The molecule has 3 aromatic carbocycles. The van der Waals surface area contributed by atoms with Gasteiger partial charge in [-0.1, -0.05) is 41.9 Å². The van der Waals surface area contributed by atoms with Gasteiger partial charge in [0.2, 0.25) is 5.95 Å². The molecule has 0 radical (unpaired) electrons. The van der Waals surface area contributed by atoms with Gasteiger partial charge in [0, 0.05) is 10.6 Å². The Morgan fingerprint density at radius 1 is 1.13 bits per heavy atom. The molecule has 0 aliphatic carbocycles. The largest absolute Gasteiger partial charge is 0.490 e. The summed E-state index contributed by atoms with van der Waals surface area (Å²) in [5.41, 5.74) is 6.57. The lowest BCUT2D eigenvalue weighted by atomic mass is 10.2. The van der Waals surface area contributed by atoms with E-state index in [9.17, 15) is 0 Å². The van der Waals surface area contributed by atoms with E-state index in [1.165, 1.54) is 0 Å². The number of anilines is 1. The quantitative estimate of drug-likeness (QED) is 0.156. The van der Waals surface area contributed by atoms with Crippen LogP contribution < -0.4 is 14.9 Å². The van der Waals surface area contributed by atoms with Gasteiger partial charge in [0.05, 0.1) is 27.4 Å². The lowest BCUT2D eigenvalue weighted by molar-refractivity contribution is 0.267. The molecule has 1 heterocycles. The van der Waals surface area contributed by atoms with E-state index < -0.39 is 0 Å². The monoisotopic (exact) mass is 546 g/mol. The minimum atomic E-state index is 0.358. The molecule has 0 saturated heterocycles. The van der Waals surface area contributed by atoms with Gasteiger partial charge in [-0.15, -0.1) is 0 Å². The Kier molecular flexibility index (Phi) is 6.93. The minimum absolute atomic E-state index is 0.358. The molecular formula is C23H20ClIN4O2. The normalized spacial score (nSPS) is 11.2. The number of rotatable bonds is 8. The van der Waals surface area contributed by atoms with Crippen molar-refractivity contribution in [1.82, 2.24) is 9.97 Å². The topological polar surface area (TPSA) is 71.5 Å². The number of halogens is 2. The van der Waals surface area contributed by atoms with Crippen molar-refractivity contribution in [1.29, 1.82) is 0 Å². The third-order valence-corrected chi connectivity index (χ3v) is 5.61. The Morgan fingerprint density at radius 2 is 1.94 bits per heavy atom. The number of para-hydroxylation sites is 2. The molecule has 0 saturated carbocycles. The van der Waals surface area contributed by atoms with Crippen LogP contribution in [0.4, 0.5) is 5.95 Å². The Bertz CT molecular complexity index is 1190. The van der Waals surface area contributed by atoms with Crippen LogP contribution in [0.2, 0.25) is 5.02 Å². The summed E-state index contributed by atoms with van der Waals surface area (Å²) in [5, 5.41) is 4.98. The molecule has 4 aromatic rings. The van der Waals surface area contributed by atoms with Crippen LogP contribution in [0.1, 0.15) is 18.1 Å². The maximum absolute atomic E-state index is 6.24. The smallest absolute Gasteiger partial charge is 0.222 e. The van der Waals surface area contributed by atoms with E-state index in [1.807, 2.05) is 67.6 Å². The van der Waals surface area contributed by atoms with Gasteiger partial charge in [0.15, 0.2) is 11.5 Å². The Balaban J connectivity index is 1.50. The molecule has 0 fully saturated rings. The van der Waals surface area contributed by atoms with E-state index >= 15 is 0 Å². The molecule has 1 aromatic heterocycles. The summed E-state index contributed by atoms with van der Waals surface area (Å²) in [6, 6.07) is 19.3. The highest BCUT2D eigenvalue weighted by atomic mass is 127. The third kappa shape index (κ3) is 5.29. The zero-order chi connectivity index (χ0) is 21.6. The van der Waals surface area contributed by atoms with Crippen molar-refractivity contribution >= 4 is 57.4 Å². The van der Waals surface area contributed by atoms with E-state index in [-0.39, 0.29) is 0 Å². The molecule has 4 rings (SSSR count). The molecule has 2 N–H and O–H groups in total. The van der Waals surface area contributed by atoms with Crippen LogP contribution in [-0.4, -0.2) is 22.8 Å². The average molecular weight is 547 g/mol. The molecule has 0 amide bonds. The van der Waals surface area contributed by atoms with Crippen molar-refractivity contribution in [3.8, 4) is 11.5 Å². The van der Waals surface area contributed by atoms with Crippen molar-refractivity contribution < 1.29 is 9.47 Å². The first kappa shape index (κ1) is 21.5. The summed E-state index contributed by atoms with van der Waals surface area (Å²) in [7, 11) is 0. The predicted octanol–water partition coefficient (Wildman–Crippen LogP) is 6.24. The van der Waals surface area contributed by atoms with Gasteiger partial charge in [-0.25, -0.2) is 10.4 Å². The number of aromatic amines is 1. The maximum Gasteiger partial charge on any atom is 0.222 e. The van der Waals surface area contributed by atoms with E-state index in [4.69, 9.17) is 21.1 Å². The molecule has 0 aliphatic rings. The van der Waals surface area contributed by atoms with E-state index in [0.29, 0.717) is 35.7 Å². The lowest BCUT2D eigenvalue weighted by Crippen LogP contribution is -2.03. The number of hydrogen-bond donors (Lipinski definition) is 2. The molecule has 0 atom stereocenters. The van der Waals surface area contributed by atoms with Crippen molar-refractivity contribution in [3.63, 3.8) is 0 Å². The van der Waals surface area contributed by atoms with Gasteiger partial charge < -0.3 is 14.5 Å². The SMILES string of the molecule is CCOc1cc(/C=N/Nc2nc3ccccc3[nH]2)cc(I)c1OCc1ccccc1Cl. The standard InChI is InChI=1S/C23H20ClIN4O2/c1-2-30-21-12-15(13-26-29-23-27-19-9-5-6-10-20(19)28-23)11-18(25)22(21)31-14-16-7-3-4-8-17(16)24/h3-13H,2,14H2,1H3,(H2,27,28,29)/b26-13+. The molecule has 0 aliphatic heterocycles. The van der Waals surface area contributed by atoms with Crippen LogP contribution in [0.3, 0.4) is 0 Å². The number of aromatic nitrogens is 2. The van der Waals surface area contributed by atoms with Gasteiger partial charge in [-0.05, 0) is 65.4 Å². The maximum atomic E-state index is 6.24. The van der Waals surface area contributed by atoms with Gasteiger partial charge in [0.25, 0.3) is 0 Å². The van der Waals surface area contributed by atoms with Crippen LogP contribution in [0, 0.1) is 3.57 Å². The molecule has 31 heavy (non-hydrogen) atoms. The zero-order valence-corrected chi connectivity index (χ0v) is 19.6. The molecule has 0 unspecified atom stereocenters. The van der Waals surface area contributed by atoms with E-state index in [1.54, 1.807) is 6.21 Å². The predicted molar refractivity (Wildman–Crippen MR) is 133 cm³/mol. The first-order valence-corrected chi connectivity index (χ1v) is 11.2. The molecule has 0 bridgehead atoms. The number of nitrogens with zero attached hydrogens (tertiary/aromatic N) is 2. The second kappa shape index (κ2) is 10.0. The first-order chi connectivity index (χ1) is 15.1. The van der Waals surface area contributed by atoms with Gasteiger partial charge in [-0.2, -0.15) is 5.10 Å². The highest BCUT2D eigenvalue weighted by Crippen LogP contribution is 2.35. The van der Waals surface area contributed by atoms with E-state index in [2.05, 4.69) is 43.1 Å². The van der Waals surface area contributed by atoms with Crippen molar-refractivity contribution in [2.45, 2.75) is 13.5 Å². The Labute approximate surface area is 198 Å². The number of hydrazone groups is 1. The number of hydrogen-bond acceptors (Lipinski definition) is 5. The Morgan fingerprint density at radius 3 is 2.74 bits per heavy atom.